The second kappa shape index (κ2) is 15.6. The van der Waals surface area contributed by atoms with Crippen LogP contribution in [0.2, 0.25) is 5.02 Å². The van der Waals surface area contributed by atoms with Crippen molar-refractivity contribution in [3.8, 4) is 0 Å². The Balaban J connectivity index is 1.29. The van der Waals surface area contributed by atoms with E-state index in [4.69, 9.17) is 16.3 Å². The Morgan fingerprint density at radius 2 is 1.58 bits per heavy atom. The van der Waals surface area contributed by atoms with Crippen molar-refractivity contribution in [3.63, 3.8) is 0 Å². The van der Waals surface area contributed by atoms with Crippen molar-refractivity contribution in [3.05, 3.63) is 46.0 Å². The number of allylic oxidation sites excluding steroid dienone is 1. The van der Waals surface area contributed by atoms with Gasteiger partial charge < -0.3 is 19.8 Å². The van der Waals surface area contributed by atoms with Crippen molar-refractivity contribution in [1.82, 2.24) is 9.80 Å². The molecule has 9 atom stereocenters. The highest BCUT2D eigenvalue weighted by molar-refractivity contribution is 6.30. The molecule has 4 fully saturated rings. The number of likely N-dealkylation sites (N-methyl/N-ethyl adjacent to an activating group) is 1. The van der Waals surface area contributed by atoms with Crippen molar-refractivity contribution in [2.75, 3.05) is 33.7 Å². The number of Topliss-reactive ketones (excluding diaryl/α,β-unsaturated/α-hetero) is 1. The molecule has 4 saturated carbocycles. The zero-order chi connectivity index (χ0) is 42.1. The number of ketones is 1. The van der Waals surface area contributed by atoms with Crippen LogP contribution in [0.5, 0.6) is 0 Å². The number of esters is 1. The van der Waals surface area contributed by atoms with Gasteiger partial charge in [-0.15, -0.1) is 0 Å². The fraction of sp³-hybridized carbons (Fsp3) is 0.771. The Labute approximate surface area is 348 Å². The number of carboxylic acids is 1. The Bertz CT molecular complexity index is 1740. The van der Waals surface area contributed by atoms with Crippen molar-refractivity contribution in [1.29, 1.82) is 0 Å². The number of aliphatic hydroxyl groups is 1. The lowest BCUT2D eigenvalue weighted by molar-refractivity contribution is -0.235. The third-order valence-corrected chi connectivity index (χ3v) is 17.4. The van der Waals surface area contributed by atoms with E-state index in [9.17, 15) is 24.6 Å². The number of fused-ring (bicyclic) bond motifs is 7. The molecule has 6 rings (SSSR count). The quantitative estimate of drug-likeness (QED) is 0.190. The van der Waals surface area contributed by atoms with E-state index in [1.165, 1.54) is 5.57 Å². The molecule has 0 amide bonds. The molecule has 5 aliphatic rings. The maximum absolute atomic E-state index is 14.3. The van der Waals surface area contributed by atoms with Crippen molar-refractivity contribution >= 4 is 29.3 Å². The van der Waals surface area contributed by atoms with Gasteiger partial charge >= 0.3 is 11.9 Å². The van der Waals surface area contributed by atoms with Crippen LogP contribution in [0.15, 0.2) is 35.4 Å². The first kappa shape index (κ1) is 44.3. The number of carbonyl (C=O) groups is 3. The number of hydrogen-bond donors (Lipinski definition) is 2. The third kappa shape index (κ3) is 7.58. The highest BCUT2D eigenvalue weighted by atomic mass is 35.5. The first-order valence-corrected chi connectivity index (χ1v) is 22.3. The molecular formula is C48H73ClN2O6. The number of aliphatic hydroxyl groups excluding tert-OH is 1. The highest BCUT2D eigenvalue weighted by Crippen LogP contribution is 2.77. The molecule has 0 saturated heterocycles. The number of benzene rings is 1. The molecule has 1 aromatic carbocycles. The fourth-order valence-corrected chi connectivity index (χ4v) is 13.9. The molecule has 318 valence electrons. The standard InChI is InChI=1S/C48H73ClN2O6/c1-30(2)40-34(52)26-48(37(53)29-51(25-24-50(10)11)28-31-12-14-32(49)15-13-31)23-22-46(8)33(41(40)48)16-17-36-45(7)20-19-38(57-39(54)27-43(3,4)42(55)56)44(5,6)35(45)18-21-47(36,46)9/h12-15,30,33,35-38,53H,16-29H2,1-11H3,(H,55,56)/t33-,35-,36-,37?,38+,45+,46-,47-,48?/m1/s1. The predicted octanol–water partition coefficient (Wildman–Crippen LogP) is 9.46. The highest BCUT2D eigenvalue weighted by Gasteiger charge is 2.71. The number of carboxylic acid groups (broad SMARTS) is 1. The molecule has 0 spiro atoms. The Morgan fingerprint density at radius 1 is 0.912 bits per heavy atom. The van der Waals surface area contributed by atoms with Crippen LogP contribution < -0.4 is 0 Å². The van der Waals surface area contributed by atoms with Gasteiger partial charge in [0.25, 0.3) is 0 Å². The summed E-state index contributed by atoms with van der Waals surface area (Å²) in [5.74, 6) is 0.00261. The summed E-state index contributed by atoms with van der Waals surface area (Å²) in [4.78, 5) is 43.8. The maximum atomic E-state index is 14.3. The van der Waals surface area contributed by atoms with E-state index >= 15 is 0 Å². The van der Waals surface area contributed by atoms with E-state index in [0.717, 1.165) is 75.6 Å². The van der Waals surface area contributed by atoms with Gasteiger partial charge in [0.1, 0.15) is 6.10 Å². The SMILES string of the molecule is CC(C)C1=C2[C@H]3CC[C@@H]4[C@@]5(C)CC[C@H](OC(=O)CC(C)(C)C(=O)O)C(C)(C)[C@H]5CC[C@@]4(C)[C@]3(C)CCC2(C(O)CN(CCN(C)C)Cc2ccc(Cl)cc2)CC1=O. The zero-order valence-electron chi connectivity index (χ0n) is 37.0. The molecule has 0 bridgehead atoms. The number of aliphatic carboxylic acids is 1. The van der Waals surface area contributed by atoms with E-state index in [1.807, 2.05) is 12.1 Å². The summed E-state index contributed by atoms with van der Waals surface area (Å²) in [5.41, 5.74) is 1.54. The minimum atomic E-state index is -1.17. The van der Waals surface area contributed by atoms with Gasteiger partial charge in [0.05, 0.1) is 17.9 Å². The van der Waals surface area contributed by atoms with Crippen LogP contribution >= 0.6 is 11.6 Å². The first-order valence-electron chi connectivity index (χ1n) is 21.9. The summed E-state index contributed by atoms with van der Waals surface area (Å²) in [6.07, 6.45) is 7.13. The smallest absolute Gasteiger partial charge is 0.309 e. The van der Waals surface area contributed by atoms with E-state index in [1.54, 1.807) is 13.8 Å². The number of nitrogens with zero attached hydrogens (tertiary/aromatic N) is 2. The van der Waals surface area contributed by atoms with Gasteiger partial charge in [0.15, 0.2) is 5.78 Å². The average molecular weight is 810 g/mol. The molecule has 5 aliphatic carbocycles. The second-order valence-corrected chi connectivity index (χ2v) is 22.2. The predicted molar refractivity (Wildman–Crippen MR) is 227 cm³/mol. The lowest BCUT2D eigenvalue weighted by Gasteiger charge is -2.72. The van der Waals surface area contributed by atoms with Gasteiger partial charge in [-0.05, 0) is 142 Å². The molecule has 1 aromatic rings. The Kier molecular flexibility index (Phi) is 12.2. The minimum Gasteiger partial charge on any atom is -0.481 e. The molecular weight excluding hydrogens is 736 g/mol. The fourth-order valence-electron chi connectivity index (χ4n) is 13.8. The number of carbonyl (C=O) groups excluding carboxylic acids is 2. The average Bonchev–Trinajstić information content (AvgIpc) is 3.42. The Morgan fingerprint density at radius 3 is 2.19 bits per heavy atom. The van der Waals surface area contributed by atoms with Crippen LogP contribution in [0.1, 0.15) is 132 Å². The van der Waals surface area contributed by atoms with Crippen molar-refractivity contribution in [2.45, 2.75) is 145 Å². The van der Waals surface area contributed by atoms with Gasteiger partial charge in [-0.1, -0.05) is 77.8 Å². The molecule has 0 aliphatic heterocycles. The molecule has 2 unspecified atom stereocenters. The van der Waals surface area contributed by atoms with Crippen LogP contribution in [0.3, 0.4) is 0 Å². The van der Waals surface area contributed by atoms with E-state index in [-0.39, 0.29) is 51.8 Å². The van der Waals surface area contributed by atoms with Gasteiger partial charge in [-0.2, -0.15) is 0 Å². The summed E-state index contributed by atoms with van der Waals surface area (Å²) in [5, 5.41) is 23.0. The largest absolute Gasteiger partial charge is 0.481 e. The van der Waals surface area contributed by atoms with Gasteiger partial charge in [0.2, 0.25) is 0 Å². The van der Waals surface area contributed by atoms with Crippen LogP contribution in [0.25, 0.3) is 0 Å². The maximum Gasteiger partial charge on any atom is 0.309 e. The van der Waals surface area contributed by atoms with Crippen LogP contribution in [-0.4, -0.2) is 83.7 Å². The number of halogens is 1. The Hall–Kier alpha value is -2.26. The lowest BCUT2D eigenvalue weighted by atomic mass is 9.33. The van der Waals surface area contributed by atoms with Gasteiger partial charge in [0, 0.05) is 48.5 Å². The number of ether oxygens (including phenoxy) is 1. The van der Waals surface area contributed by atoms with Crippen molar-refractivity contribution in [2.24, 2.45) is 56.2 Å². The number of rotatable bonds is 13. The molecule has 0 radical (unpaired) electrons. The summed E-state index contributed by atoms with van der Waals surface area (Å²) in [6.45, 7) is 22.6. The van der Waals surface area contributed by atoms with E-state index in [0.29, 0.717) is 36.4 Å². The normalized spacial score (nSPS) is 35.5. The van der Waals surface area contributed by atoms with Gasteiger partial charge in [-0.3, -0.25) is 19.3 Å². The molecule has 9 heteroatoms. The topological polar surface area (TPSA) is 107 Å². The second-order valence-electron chi connectivity index (χ2n) is 21.7. The zero-order valence-corrected chi connectivity index (χ0v) is 37.7. The summed E-state index contributed by atoms with van der Waals surface area (Å²) < 4.78 is 6.20. The summed E-state index contributed by atoms with van der Waals surface area (Å²) in [7, 11) is 4.17. The molecule has 0 heterocycles. The van der Waals surface area contributed by atoms with Crippen LogP contribution in [0.4, 0.5) is 0 Å². The first-order chi connectivity index (χ1) is 26.4. The third-order valence-electron chi connectivity index (χ3n) is 17.1. The van der Waals surface area contributed by atoms with Crippen LogP contribution in [-0.2, 0) is 25.7 Å². The molecule has 8 nitrogen and oxygen atoms in total. The van der Waals surface area contributed by atoms with Crippen molar-refractivity contribution < 1.29 is 29.3 Å². The summed E-state index contributed by atoms with van der Waals surface area (Å²) >= 11 is 6.24. The monoisotopic (exact) mass is 809 g/mol. The number of hydrogen-bond acceptors (Lipinski definition) is 7. The molecule has 2 N–H and O–H groups in total. The molecule has 0 aromatic heterocycles. The minimum absolute atomic E-state index is 0.0308. The van der Waals surface area contributed by atoms with E-state index < -0.39 is 28.9 Å². The van der Waals surface area contributed by atoms with Gasteiger partial charge in [-0.25, -0.2) is 0 Å². The lowest BCUT2D eigenvalue weighted by Crippen LogP contribution is -2.66. The molecule has 57 heavy (non-hydrogen) atoms. The van der Waals surface area contributed by atoms with E-state index in [2.05, 4.69) is 84.5 Å². The summed E-state index contributed by atoms with van der Waals surface area (Å²) in [6, 6.07) is 8.00. The van der Waals surface area contributed by atoms with Crippen LogP contribution in [0, 0.1) is 56.2 Å².